The fourth-order valence-corrected chi connectivity index (χ4v) is 3.76. The van der Waals surface area contributed by atoms with Crippen LogP contribution in [0, 0.1) is 5.92 Å². The van der Waals surface area contributed by atoms with Crippen LogP contribution in [0.5, 0.6) is 0 Å². The van der Waals surface area contributed by atoms with Gasteiger partial charge < -0.3 is 15.1 Å². The molecule has 5 heteroatoms. The van der Waals surface area contributed by atoms with Gasteiger partial charge in [-0.1, -0.05) is 25.5 Å². The van der Waals surface area contributed by atoms with Gasteiger partial charge in [-0.3, -0.25) is 4.79 Å². The summed E-state index contributed by atoms with van der Waals surface area (Å²) in [4.78, 5) is 28.9. The molecular formula is C20H29N3O2. The van der Waals surface area contributed by atoms with Crippen molar-refractivity contribution in [2.75, 3.05) is 31.5 Å². The zero-order valence-corrected chi connectivity index (χ0v) is 15.2. The number of hydrogen-bond donors (Lipinski definition) is 1. The molecule has 0 radical (unpaired) electrons. The Hall–Kier alpha value is -2.04. The Morgan fingerprint density at radius 2 is 1.72 bits per heavy atom. The summed E-state index contributed by atoms with van der Waals surface area (Å²) in [6, 6.07) is 8.20. The lowest BCUT2D eigenvalue weighted by Crippen LogP contribution is -2.48. The molecule has 2 aliphatic rings. The molecule has 2 heterocycles. The van der Waals surface area contributed by atoms with E-state index in [1.807, 2.05) is 21.9 Å². The number of urea groups is 1. The highest BCUT2D eigenvalue weighted by Crippen LogP contribution is 2.21. The largest absolute Gasteiger partial charge is 0.326 e. The average molecular weight is 343 g/mol. The van der Waals surface area contributed by atoms with Gasteiger partial charge in [0.2, 0.25) is 5.91 Å². The molecule has 0 bridgehead atoms. The summed E-state index contributed by atoms with van der Waals surface area (Å²) >= 11 is 0. The predicted octanol–water partition coefficient (Wildman–Crippen LogP) is 3.51. The fourth-order valence-electron chi connectivity index (χ4n) is 3.76. The van der Waals surface area contributed by atoms with Crippen molar-refractivity contribution in [2.45, 2.75) is 45.4 Å². The van der Waals surface area contributed by atoms with Crippen LogP contribution in [0.3, 0.4) is 0 Å². The van der Waals surface area contributed by atoms with E-state index in [-0.39, 0.29) is 17.9 Å². The van der Waals surface area contributed by atoms with Crippen molar-refractivity contribution in [1.82, 2.24) is 9.80 Å². The number of anilines is 1. The lowest BCUT2D eigenvalue weighted by atomic mass is 9.97. The number of nitrogens with one attached hydrogen (secondary N) is 1. The summed E-state index contributed by atoms with van der Waals surface area (Å²) in [6.07, 6.45) is 6.12. The van der Waals surface area contributed by atoms with E-state index >= 15 is 0 Å². The van der Waals surface area contributed by atoms with E-state index in [2.05, 4.69) is 24.4 Å². The Kier molecular flexibility index (Phi) is 5.95. The highest BCUT2D eigenvalue weighted by molar-refractivity contribution is 5.93. The number of rotatable bonds is 4. The molecule has 1 atom stereocenters. The molecular weight excluding hydrogens is 314 g/mol. The quantitative estimate of drug-likeness (QED) is 0.909. The highest BCUT2D eigenvalue weighted by atomic mass is 16.2. The monoisotopic (exact) mass is 343 g/mol. The minimum Gasteiger partial charge on any atom is -0.326 e. The van der Waals surface area contributed by atoms with Crippen LogP contribution < -0.4 is 5.32 Å². The Morgan fingerprint density at radius 3 is 2.40 bits per heavy atom. The van der Waals surface area contributed by atoms with Gasteiger partial charge in [-0.15, -0.1) is 0 Å². The van der Waals surface area contributed by atoms with Crippen LogP contribution >= 0.6 is 0 Å². The molecule has 25 heavy (non-hydrogen) atoms. The van der Waals surface area contributed by atoms with Crippen molar-refractivity contribution in [3.63, 3.8) is 0 Å². The number of amides is 3. The number of nitrogens with zero attached hydrogens (tertiary/aromatic N) is 2. The second-order valence-corrected chi connectivity index (χ2v) is 7.20. The number of hydrogen-bond acceptors (Lipinski definition) is 2. The number of piperidine rings is 1. The number of aryl methyl sites for hydroxylation is 1. The molecule has 2 saturated heterocycles. The summed E-state index contributed by atoms with van der Waals surface area (Å²) in [6.45, 7) is 5.18. The SMILES string of the molecule is CCCc1ccc(NC(=O)C2CCCN(C(=O)N3CCCC3)C2)cc1. The molecule has 1 aromatic carbocycles. The van der Waals surface area contributed by atoms with Crippen LogP contribution in [0.2, 0.25) is 0 Å². The van der Waals surface area contributed by atoms with E-state index in [4.69, 9.17) is 0 Å². The summed E-state index contributed by atoms with van der Waals surface area (Å²) in [7, 11) is 0. The van der Waals surface area contributed by atoms with Gasteiger partial charge >= 0.3 is 6.03 Å². The number of benzene rings is 1. The third-order valence-electron chi connectivity index (χ3n) is 5.20. The van der Waals surface area contributed by atoms with Crippen molar-refractivity contribution in [2.24, 2.45) is 5.92 Å². The minimum absolute atomic E-state index is 0.0298. The minimum atomic E-state index is -0.115. The Labute approximate surface area is 150 Å². The standard InChI is InChI=1S/C20H29N3O2/c1-2-6-16-8-10-18(11-9-16)21-19(24)17-7-5-14-23(15-17)20(25)22-12-3-4-13-22/h8-11,17H,2-7,12-15H2,1H3,(H,21,24). The van der Waals surface area contributed by atoms with Crippen LogP contribution in [-0.4, -0.2) is 47.9 Å². The second-order valence-electron chi connectivity index (χ2n) is 7.20. The van der Waals surface area contributed by atoms with E-state index in [1.165, 1.54) is 5.56 Å². The average Bonchev–Trinajstić information content (AvgIpc) is 3.18. The number of likely N-dealkylation sites (tertiary alicyclic amines) is 2. The van der Waals surface area contributed by atoms with Crippen LogP contribution in [0.15, 0.2) is 24.3 Å². The first-order valence-electron chi connectivity index (χ1n) is 9.61. The van der Waals surface area contributed by atoms with Crippen LogP contribution in [0.4, 0.5) is 10.5 Å². The van der Waals surface area contributed by atoms with E-state index < -0.39 is 0 Å². The van der Waals surface area contributed by atoms with Gasteiger partial charge in [0, 0.05) is 31.9 Å². The molecule has 2 fully saturated rings. The van der Waals surface area contributed by atoms with Gasteiger partial charge in [-0.05, 0) is 49.8 Å². The van der Waals surface area contributed by atoms with Crippen molar-refractivity contribution >= 4 is 17.6 Å². The fraction of sp³-hybridized carbons (Fsp3) is 0.600. The van der Waals surface area contributed by atoms with E-state index in [1.54, 1.807) is 0 Å². The predicted molar refractivity (Wildman–Crippen MR) is 99.6 cm³/mol. The normalized spacial score (nSPS) is 20.6. The van der Waals surface area contributed by atoms with Gasteiger partial charge in [-0.25, -0.2) is 4.79 Å². The van der Waals surface area contributed by atoms with E-state index in [0.29, 0.717) is 6.54 Å². The highest BCUT2D eigenvalue weighted by Gasteiger charge is 2.31. The molecule has 0 aliphatic carbocycles. The maximum Gasteiger partial charge on any atom is 0.320 e. The van der Waals surface area contributed by atoms with Gasteiger partial charge in [0.15, 0.2) is 0 Å². The topological polar surface area (TPSA) is 52.7 Å². The van der Waals surface area contributed by atoms with E-state index in [9.17, 15) is 9.59 Å². The first kappa shape index (κ1) is 17.8. The Morgan fingerprint density at radius 1 is 1.04 bits per heavy atom. The molecule has 5 nitrogen and oxygen atoms in total. The van der Waals surface area contributed by atoms with Crippen molar-refractivity contribution in [3.8, 4) is 0 Å². The lowest BCUT2D eigenvalue weighted by molar-refractivity contribution is -0.121. The molecule has 2 aliphatic heterocycles. The third kappa shape index (κ3) is 4.53. The van der Waals surface area contributed by atoms with Gasteiger partial charge in [0.05, 0.1) is 5.92 Å². The molecule has 1 aromatic rings. The second kappa shape index (κ2) is 8.37. The molecule has 3 amide bonds. The van der Waals surface area contributed by atoms with Crippen LogP contribution in [-0.2, 0) is 11.2 Å². The molecule has 1 unspecified atom stereocenters. The smallest absolute Gasteiger partial charge is 0.320 e. The van der Waals surface area contributed by atoms with Crippen molar-refractivity contribution < 1.29 is 9.59 Å². The first-order chi connectivity index (χ1) is 12.2. The molecule has 0 saturated carbocycles. The summed E-state index contributed by atoms with van der Waals surface area (Å²) in [5.41, 5.74) is 2.13. The van der Waals surface area contributed by atoms with Crippen molar-refractivity contribution in [3.05, 3.63) is 29.8 Å². The lowest BCUT2D eigenvalue weighted by Gasteiger charge is -2.34. The summed E-state index contributed by atoms with van der Waals surface area (Å²) < 4.78 is 0. The number of carbonyl (C=O) groups is 2. The van der Waals surface area contributed by atoms with Gasteiger partial charge in [0.25, 0.3) is 0 Å². The summed E-state index contributed by atoms with van der Waals surface area (Å²) in [5.74, 6) is -0.0854. The molecule has 3 rings (SSSR count). The third-order valence-corrected chi connectivity index (χ3v) is 5.20. The maximum absolute atomic E-state index is 12.6. The zero-order chi connectivity index (χ0) is 17.6. The molecule has 0 aromatic heterocycles. The Bertz CT molecular complexity index is 593. The maximum atomic E-state index is 12.6. The first-order valence-corrected chi connectivity index (χ1v) is 9.61. The summed E-state index contributed by atoms with van der Waals surface area (Å²) in [5, 5.41) is 3.02. The van der Waals surface area contributed by atoms with Crippen LogP contribution in [0.25, 0.3) is 0 Å². The number of carbonyl (C=O) groups excluding carboxylic acids is 2. The molecule has 0 spiro atoms. The van der Waals surface area contributed by atoms with E-state index in [0.717, 1.165) is 63.8 Å². The van der Waals surface area contributed by atoms with Gasteiger partial charge in [-0.2, -0.15) is 0 Å². The van der Waals surface area contributed by atoms with Crippen LogP contribution in [0.1, 0.15) is 44.6 Å². The van der Waals surface area contributed by atoms with Crippen molar-refractivity contribution in [1.29, 1.82) is 0 Å². The van der Waals surface area contributed by atoms with Gasteiger partial charge in [0.1, 0.15) is 0 Å². The molecule has 136 valence electrons. The Balaban J connectivity index is 1.55. The zero-order valence-electron chi connectivity index (χ0n) is 15.2. The molecule has 1 N–H and O–H groups in total.